The maximum atomic E-state index is 4.43. The van der Waals surface area contributed by atoms with Crippen molar-refractivity contribution in [1.82, 2.24) is 20.5 Å². The molecule has 0 spiro atoms. The summed E-state index contributed by atoms with van der Waals surface area (Å²) in [6, 6.07) is 8.42. The average molecular weight is 243 g/mol. The zero-order valence-corrected chi connectivity index (χ0v) is 10.3. The van der Waals surface area contributed by atoms with Crippen LogP contribution in [-0.2, 0) is 0 Å². The van der Waals surface area contributed by atoms with Gasteiger partial charge in [-0.1, -0.05) is 12.1 Å². The summed E-state index contributed by atoms with van der Waals surface area (Å²) < 4.78 is 0. The molecule has 0 radical (unpaired) electrons. The van der Waals surface area contributed by atoms with Crippen LogP contribution in [0, 0.1) is 0 Å². The van der Waals surface area contributed by atoms with E-state index in [-0.39, 0.29) is 0 Å². The van der Waals surface area contributed by atoms with E-state index in [1.807, 2.05) is 24.3 Å². The van der Waals surface area contributed by atoms with Crippen molar-refractivity contribution in [2.75, 3.05) is 18.4 Å². The van der Waals surface area contributed by atoms with Crippen LogP contribution in [0.5, 0.6) is 0 Å². The largest absolute Gasteiger partial charge is 0.353 e. The molecule has 2 aromatic rings. The van der Waals surface area contributed by atoms with Gasteiger partial charge in [-0.3, -0.25) is 0 Å². The summed E-state index contributed by atoms with van der Waals surface area (Å²) in [4.78, 5) is 4.43. The highest BCUT2D eigenvalue weighted by molar-refractivity contribution is 5.73. The standard InChI is InChI=1S/C13H17N5/c1-2-6-12-11(5-1)16-13(18-17-12)15-9-7-10-4-3-8-14-10/h1-2,5-6,10,14H,3-4,7-9H2,(H,15,16,18)/t10-/m0/s1. The first-order chi connectivity index (χ1) is 8.92. The Morgan fingerprint density at radius 1 is 1.22 bits per heavy atom. The fourth-order valence-corrected chi connectivity index (χ4v) is 2.32. The number of aromatic nitrogens is 3. The third kappa shape index (κ3) is 2.56. The Morgan fingerprint density at radius 3 is 2.94 bits per heavy atom. The van der Waals surface area contributed by atoms with E-state index in [4.69, 9.17) is 0 Å². The molecule has 0 saturated carbocycles. The van der Waals surface area contributed by atoms with Gasteiger partial charge in [0.2, 0.25) is 5.95 Å². The van der Waals surface area contributed by atoms with Crippen molar-refractivity contribution in [3.05, 3.63) is 24.3 Å². The lowest BCUT2D eigenvalue weighted by Crippen LogP contribution is -2.24. The molecule has 18 heavy (non-hydrogen) atoms. The molecule has 5 heteroatoms. The highest BCUT2D eigenvalue weighted by Crippen LogP contribution is 2.10. The molecule has 1 aromatic carbocycles. The first-order valence-corrected chi connectivity index (χ1v) is 6.48. The molecule has 0 unspecified atom stereocenters. The average Bonchev–Trinajstić information content (AvgIpc) is 2.92. The van der Waals surface area contributed by atoms with E-state index in [0.717, 1.165) is 30.5 Å². The van der Waals surface area contributed by atoms with Gasteiger partial charge in [0.25, 0.3) is 0 Å². The smallest absolute Gasteiger partial charge is 0.243 e. The van der Waals surface area contributed by atoms with Crippen LogP contribution in [0.3, 0.4) is 0 Å². The highest BCUT2D eigenvalue weighted by Gasteiger charge is 2.13. The maximum absolute atomic E-state index is 4.43. The summed E-state index contributed by atoms with van der Waals surface area (Å²) in [6.45, 7) is 2.04. The molecule has 1 atom stereocenters. The molecule has 1 aromatic heterocycles. The Labute approximate surface area is 106 Å². The second kappa shape index (κ2) is 5.27. The molecule has 5 nitrogen and oxygen atoms in total. The number of fused-ring (bicyclic) bond motifs is 1. The van der Waals surface area contributed by atoms with Crippen LogP contribution in [0.2, 0.25) is 0 Å². The zero-order chi connectivity index (χ0) is 12.2. The molecule has 3 rings (SSSR count). The van der Waals surface area contributed by atoms with Crippen molar-refractivity contribution in [1.29, 1.82) is 0 Å². The van der Waals surface area contributed by atoms with Crippen molar-refractivity contribution in [3.63, 3.8) is 0 Å². The van der Waals surface area contributed by atoms with Gasteiger partial charge in [-0.05, 0) is 37.9 Å². The van der Waals surface area contributed by atoms with E-state index >= 15 is 0 Å². The van der Waals surface area contributed by atoms with Crippen LogP contribution in [-0.4, -0.2) is 34.3 Å². The third-order valence-corrected chi connectivity index (χ3v) is 3.30. The van der Waals surface area contributed by atoms with E-state index < -0.39 is 0 Å². The van der Waals surface area contributed by atoms with E-state index in [0.29, 0.717) is 12.0 Å². The van der Waals surface area contributed by atoms with Gasteiger partial charge in [-0.25, -0.2) is 4.98 Å². The zero-order valence-electron chi connectivity index (χ0n) is 10.3. The second-order valence-electron chi connectivity index (χ2n) is 4.63. The number of nitrogens with zero attached hydrogens (tertiary/aromatic N) is 3. The van der Waals surface area contributed by atoms with Crippen molar-refractivity contribution >= 4 is 17.0 Å². The van der Waals surface area contributed by atoms with Crippen LogP contribution in [0.25, 0.3) is 11.0 Å². The van der Waals surface area contributed by atoms with Gasteiger partial charge in [0.05, 0.1) is 5.52 Å². The van der Waals surface area contributed by atoms with Crippen molar-refractivity contribution in [2.24, 2.45) is 0 Å². The van der Waals surface area contributed by atoms with E-state index in [9.17, 15) is 0 Å². The summed E-state index contributed by atoms with van der Waals surface area (Å²) in [6.07, 6.45) is 3.67. The quantitative estimate of drug-likeness (QED) is 0.853. The maximum Gasteiger partial charge on any atom is 0.243 e. The van der Waals surface area contributed by atoms with Crippen LogP contribution in [0.1, 0.15) is 19.3 Å². The van der Waals surface area contributed by atoms with Gasteiger partial charge < -0.3 is 10.6 Å². The lowest BCUT2D eigenvalue weighted by molar-refractivity contribution is 0.573. The molecule has 1 aliphatic heterocycles. The fraction of sp³-hybridized carbons (Fsp3) is 0.462. The minimum atomic E-state index is 0.617. The number of hydrogen-bond acceptors (Lipinski definition) is 5. The lowest BCUT2D eigenvalue weighted by atomic mass is 10.1. The van der Waals surface area contributed by atoms with Gasteiger partial charge in [0.1, 0.15) is 5.52 Å². The molecular weight excluding hydrogens is 226 g/mol. The Hall–Kier alpha value is -1.75. The van der Waals surface area contributed by atoms with E-state index in [2.05, 4.69) is 25.8 Å². The second-order valence-corrected chi connectivity index (χ2v) is 4.63. The molecule has 0 amide bonds. The summed E-state index contributed by atoms with van der Waals surface area (Å²) in [5.74, 6) is 0.617. The summed E-state index contributed by atoms with van der Waals surface area (Å²) >= 11 is 0. The van der Waals surface area contributed by atoms with Crippen molar-refractivity contribution in [2.45, 2.75) is 25.3 Å². The number of hydrogen-bond donors (Lipinski definition) is 2. The Morgan fingerprint density at radius 2 is 2.11 bits per heavy atom. The molecular formula is C13H17N5. The molecule has 0 bridgehead atoms. The first-order valence-electron chi connectivity index (χ1n) is 6.48. The Bertz CT molecular complexity index is 522. The van der Waals surface area contributed by atoms with Crippen molar-refractivity contribution < 1.29 is 0 Å². The number of nitrogens with one attached hydrogen (secondary N) is 2. The summed E-state index contributed by atoms with van der Waals surface area (Å²) in [7, 11) is 0. The van der Waals surface area contributed by atoms with E-state index in [1.54, 1.807) is 0 Å². The Kier molecular flexibility index (Phi) is 3.32. The predicted molar refractivity (Wildman–Crippen MR) is 71.5 cm³/mol. The fourth-order valence-electron chi connectivity index (χ4n) is 2.32. The Balaban J connectivity index is 1.60. The van der Waals surface area contributed by atoms with Crippen LogP contribution < -0.4 is 10.6 Å². The molecule has 1 fully saturated rings. The first kappa shape index (κ1) is 11.3. The SMILES string of the molecule is c1ccc2nc(NCC[C@@H]3CCCN3)nnc2c1. The minimum Gasteiger partial charge on any atom is -0.353 e. The predicted octanol–water partition coefficient (Wildman–Crippen LogP) is 1.58. The van der Waals surface area contributed by atoms with Gasteiger partial charge in [0.15, 0.2) is 0 Å². The molecule has 1 aliphatic rings. The summed E-state index contributed by atoms with van der Waals surface area (Å²) in [5.41, 5.74) is 1.72. The van der Waals surface area contributed by atoms with Crippen molar-refractivity contribution in [3.8, 4) is 0 Å². The number of benzene rings is 1. The van der Waals surface area contributed by atoms with E-state index in [1.165, 1.54) is 12.8 Å². The third-order valence-electron chi connectivity index (χ3n) is 3.30. The van der Waals surface area contributed by atoms with Gasteiger partial charge in [0, 0.05) is 12.6 Å². The molecule has 2 heterocycles. The van der Waals surface area contributed by atoms with Gasteiger partial charge >= 0.3 is 0 Å². The number of anilines is 1. The monoisotopic (exact) mass is 243 g/mol. The van der Waals surface area contributed by atoms with Crippen LogP contribution in [0.15, 0.2) is 24.3 Å². The lowest BCUT2D eigenvalue weighted by Gasteiger charge is -2.10. The highest BCUT2D eigenvalue weighted by atomic mass is 15.2. The van der Waals surface area contributed by atoms with Crippen LogP contribution in [0.4, 0.5) is 5.95 Å². The molecule has 1 saturated heterocycles. The minimum absolute atomic E-state index is 0.617. The molecule has 2 N–H and O–H groups in total. The molecule has 94 valence electrons. The summed E-state index contributed by atoms with van der Waals surface area (Å²) in [5, 5.41) is 14.9. The van der Waals surface area contributed by atoms with Crippen LogP contribution >= 0.6 is 0 Å². The normalized spacial score (nSPS) is 19.2. The molecule has 0 aliphatic carbocycles. The van der Waals surface area contributed by atoms with Gasteiger partial charge in [-0.15, -0.1) is 10.2 Å². The number of rotatable bonds is 4. The topological polar surface area (TPSA) is 62.7 Å². The number of para-hydroxylation sites is 1. The van der Waals surface area contributed by atoms with Gasteiger partial charge in [-0.2, -0.15) is 0 Å².